The van der Waals surface area contributed by atoms with E-state index in [1.807, 2.05) is 0 Å². The Morgan fingerprint density at radius 1 is 1.29 bits per heavy atom. The number of hydrogen-bond donors (Lipinski definition) is 2. The Labute approximate surface area is 130 Å². The van der Waals surface area contributed by atoms with Crippen LogP contribution in [-0.4, -0.2) is 24.5 Å². The van der Waals surface area contributed by atoms with E-state index in [1.165, 1.54) is 24.4 Å². The molecule has 0 fully saturated rings. The van der Waals surface area contributed by atoms with E-state index in [0.29, 0.717) is 10.2 Å². The fourth-order valence-corrected chi connectivity index (χ4v) is 3.62. The van der Waals surface area contributed by atoms with E-state index in [4.69, 9.17) is 5.11 Å². The zero-order valence-electron chi connectivity index (χ0n) is 10.7. The summed E-state index contributed by atoms with van der Waals surface area (Å²) in [6, 6.07) is 9.08. The van der Waals surface area contributed by atoms with Crippen LogP contribution in [0.3, 0.4) is 0 Å². The lowest BCUT2D eigenvalue weighted by Gasteiger charge is -2.08. The van der Waals surface area contributed by atoms with Crippen molar-refractivity contribution in [1.82, 2.24) is 9.71 Å². The molecule has 0 spiro atoms. The quantitative estimate of drug-likeness (QED) is 0.838. The number of benzene rings is 1. The maximum absolute atomic E-state index is 12.2. The molecule has 0 atom stereocenters. The van der Waals surface area contributed by atoms with Gasteiger partial charge >= 0.3 is 5.97 Å². The predicted octanol–water partition coefficient (Wildman–Crippen LogP) is 2.02. The van der Waals surface area contributed by atoms with Gasteiger partial charge in [-0.05, 0) is 40.2 Å². The van der Waals surface area contributed by atoms with E-state index in [-0.39, 0.29) is 17.0 Å². The van der Waals surface area contributed by atoms with Crippen LogP contribution in [0.4, 0.5) is 0 Å². The zero-order chi connectivity index (χ0) is 15.5. The van der Waals surface area contributed by atoms with Gasteiger partial charge in [0.1, 0.15) is 0 Å². The van der Waals surface area contributed by atoms with Crippen molar-refractivity contribution in [2.24, 2.45) is 0 Å². The van der Waals surface area contributed by atoms with Crippen LogP contribution in [-0.2, 0) is 16.6 Å². The molecule has 110 valence electrons. The summed E-state index contributed by atoms with van der Waals surface area (Å²) in [4.78, 5) is 14.9. The van der Waals surface area contributed by atoms with Crippen molar-refractivity contribution in [2.75, 3.05) is 0 Å². The second-order valence-corrected chi connectivity index (χ2v) is 6.69. The molecule has 0 aliphatic rings. The maximum Gasteiger partial charge on any atom is 0.335 e. The molecular formula is C13H11BrN2O4S. The molecule has 2 rings (SSSR count). The van der Waals surface area contributed by atoms with Crippen LogP contribution in [0.15, 0.2) is 52.0 Å². The van der Waals surface area contributed by atoms with Crippen molar-refractivity contribution < 1.29 is 18.3 Å². The number of carboxylic acids is 1. The van der Waals surface area contributed by atoms with Crippen LogP contribution in [0.1, 0.15) is 16.1 Å². The second kappa shape index (κ2) is 6.33. The van der Waals surface area contributed by atoms with Gasteiger partial charge < -0.3 is 5.11 Å². The lowest BCUT2D eigenvalue weighted by Crippen LogP contribution is -2.24. The molecule has 1 aromatic carbocycles. The first-order chi connectivity index (χ1) is 9.90. The number of nitrogens with zero attached hydrogens (tertiary/aromatic N) is 1. The van der Waals surface area contributed by atoms with E-state index in [1.54, 1.807) is 18.2 Å². The predicted molar refractivity (Wildman–Crippen MR) is 79.4 cm³/mol. The first-order valence-corrected chi connectivity index (χ1v) is 8.10. The van der Waals surface area contributed by atoms with E-state index in [0.717, 1.165) is 0 Å². The van der Waals surface area contributed by atoms with Gasteiger partial charge in [-0.1, -0.05) is 12.1 Å². The number of aromatic carboxylic acids is 1. The van der Waals surface area contributed by atoms with Gasteiger partial charge in [-0.3, -0.25) is 4.98 Å². The SMILES string of the molecule is O=C(O)c1ccnc(CNS(=O)(=O)c2ccccc2Br)c1. The molecule has 0 amide bonds. The number of hydrogen-bond acceptors (Lipinski definition) is 4. The van der Waals surface area contributed by atoms with Crippen LogP contribution in [0.5, 0.6) is 0 Å². The van der Waals surface area contributed by atoms with Gasteiger partial charge in [-0.25, -0.2) is 17.9 Å². The topological polar surface area (TPSA) is 96.4 Å². The Bertz CT molecular complexity index is 777. The number of rotatable bonds is 5. The number of pyridine rings is 1. The maximum atomic E-state index is 12.2. The van der Waals surface area contributed by atoms with Gasteiger partial charge in [-0.15, -0.1) is 0 Å². The molecule has 0 unspecified atom stereocenters. The molecule has 2 N–H and O–H groups in total. The molecule has 6 nitrogen and oxygen atoms in total. The number of aromatic nitrogens is 1. The molecule has 0 bridgehead atoms. The summed E-state index contributed by atoms with van der Waals surface area (Å²) in [6.45, 7) is -0.0925. The molecule has 0 radical (unpaired) electrons. The molecular weight excluding hydrogens is 360 g/mol. The fourth-order valence-electron chi connectivity index (χ4n) is 1.62. The Morgan fingerprint density at radius 2 is 2.00 bits per heavy atom. The fraction of sp³-hybridized carbons (Fsp3) is 0.0769. The normalized spacial score (nSPS) is 11.3. The standard InChI is InChI=1S/C13H11BrN2O4S/c14-11-3-1-2-4-12(11)21(19,20)16-8-10-7-9(13(17)18)5-6-15-10/h1-7,16H,8H2,(H,17,18). The van der Waals surface area contributed by atoms with Crippen molar-refractivity contribution in [3.8, 4) is 0 Å². The van der Waals surface area contributed by atoms with Crippen LogP contribution >= 0.6 is 15.9 Å². The van der Waals surface area contributed by atoms with Gasteiger partial charge in [0.05, 0.1) is 22.7 Å². The van der Waals surface area contributed by atoms with E-state index >= 15 is 0 Å². The monoisotopic (exact) mass is 370 g/mol. The third-order valence-electron chi connectivity index (χ3n) is 2.63. The number of sulfonamides is 1. The first kappa shape index (κ1) is 15.6. The molecule has 0 aliphatic heterocycles. The third kappa shape index (κ3) is 3.87. The third-order valence-corrected chi connectivity index (χ3v) is 5.05. The van der Waals surface area contributed by atoms with Crippen molar-refractivity contribution in [1.29, 1.82) is 0 Å². The van der Waals surface area contributed by atoms with E-state index < -0.39 is 16.0 Å². The van der Waals surface area contributed by atoms with E-state index in [2.05, 4.69) is 25.6 Å². The molecule has 1 aromatic heterocycles. The molecule has 21 heavy (non-hydrogen) atoms. The smallest absolute Gasteiger partial charge is 0.335 e. The molecule has 2 aromatic rings. The molecule has 8 heteroatoms. The average molecular weight is 371 g/mol. The molecule has 0 saturated heterocycles. The van der Waals surface area contributed by atoms with Crippen molar-refractivity contribution in [2.45, 2.75) is 11.4 Å². The Kier molecular flexibility index (Phi) is 4.71. The Hall–Kier alpha value is -1.77. The highest BCUT2D eigenvalue weighted by Crippen LogP contribution is 2.21. The minimum absolute atomic E-state index is 0.0556. The highest BCUT2D eigenvalue weighted by atomic mass is 79.9. The second-order valence-electron chi connectivity index (χ2n) is 4.10. The number of halogens is 1. The first-order valence-electron chi connectivity index (χ1n) is 5.82. The Balaban J connectivity index is 2.18. The minimum atomic E-state index is -3.71. The average Bonchev–Trinajstić information content (AvgIpc) is 2.46. The van der Waals surface area contributed by atoms with Gasteiger partial charge in [0.2, 0.25) is 10.0 Å². The summed E-state index contributed by atoms with van der Waals surface area (Å²) in [7, 11) is -3.71. The number of carbonyl (C=O) groups is 1. The molecule has 0 aliphatic carbocycles. The lowest BCUT2D eigenvalue weighted by molar-refractivity contribution is 0.0696. The summed E-state index contributed by atoms with van der Waals surface area (Å²) in [5.74, 6) is -1.09. The van der Waals surface area contributed by atoms with Gasteiger partial charge in [0.15, 0.2) is 0 Å². The zero-order valence-corrected chi connectivity index (χ0v) is 13.1. The van der Waals surface area contributed by atoms with Gasteiger partial charge in [0, 0.05) is 10.7 Å². The van der Waals surface area contributed by atoms with Crippen molar-refractivity contribution >= 4 is 31.9 Å². The summed E-state index contributed by atoms with van der Waals surface area (Å²) >= 11 is 3.18. The molecule has 0 saturated carbocycles. The van der Waals surface area contributed by atoms with Crippen LogP contribution in [0.2, 0.25) is 0 Å². The Morgan fingerprint density at radius 3 is 2.67 bits per heavy atom. The lowest BCUT2D eigenvalue weighted by atomic mass is 10.2. The van der Waals surface area contributed by atoms with Crippen LogP contribution < -0.4 is 4.72 Å². The summed E-state index contributed by atoms with van der Waals surface area (Å²) < 4.78 is 27.2. The highest BCUT2D eigenvalue weighted by Gasteiger charge is 2.17. The number of carboxylic acid groups (broad SMARTS) is 1. The van der Waals surface area contributed by atoms with Crippen molar-refractivity contribution in [3.63, 3.8) is 0 Å². The minimum Gasteiger partial charge on any atom is -0.478 e. The van der Waals surface area contributed by atoms with Gasteiger partial charge in [-0.2, -0.15) is 0 Å². The summed E-state index contributed by atoms with van der Waals surface area (Å²) in [5.41, 5.74) is 0.380. The van der Waals surface area contributed by atoms with Gasteiger partial charge in [0.25, 0.3) is 0 Å². The van der Waals surface area contributed by atoms with E-state index in [9.17, 15) is 13.2 Å². The molecule has 1 heterocycles. The van der Waals surface area contributed by atoms with Crippen LogP contribution in [0.25, 0.3) is 0 Å². The highest BCUT2D eigenvalue weighted by molar-refractivity contribution is 9.10. The largest absolute Gasteiger partial charge is 0.478 e. The number of nitrogens with one attached hydrogen (secondary N) is 1. The summed E-state index contributed by atoms with van der Waals surface area (Å²) in [6.07, 6.45) is 1.32. The van der Waals surface area contributed by atoms with Crippen molar-refractivity contribution in [3.05, 3.63) is 58.3 Å². The summed E-state index contributed by atoms with van der Waals surface area (Å²) in [5, 5.41) is 8.88. The van der Waals surface area contributed by atoms with Crippen LogP contribution in [0, 0.1) is 0 Å².